The van der Waals surface area contributed by atoms with E-state index in [0.29, 0.717) is 5.57 Å². The van der Waals surface area contributed by atoms with Gasteiger partial charge in [-0.25, -0.2) is 14.4 Å². The van der Waals surface area contributed by atoms with E-state index in [9.17, 15) is 4.39 Å². The number of nitrogens with zero attached hydrogens (tertiary/aromatic N) is 7. The molecule has 1 aliphatic carbocycles. The van der Waals surface area contributed by atoms with Crippen LogP contribution in [0, 0.1) is 0 Å². The lowest BCUT2D eigenvalue weighted by atomic mass is 9.89. The molecule has 5 rings (SSSR count). The van der Waals surface area contributed by atoms with E-state index in [1.165, 1.54) is 0 Å². The fourth-order valence-corrected chi connectivity index (χ4v) is 4.44. The van der Waals surface area contributed by atoms with Crippen molar-refractivity contribution in [1.82, 2.24) is 30.1 Å². The molecule has 0 bridgehead atoms. The summed E-state index contributed by atoms with van der Waals surface area (Å²) < 4.78 is 16.5. The van der Waals surface area contributed by atoms with Crippen LogP contribution in [0.5, 0.6) is 0 Å². The van der Waals surface area contributed by atoms with Crippen LogP contribution < -0.4 is 10.3 Å². The maximum absolute atomic E-state index is 14.8. The lowest BCUT2D eigenvalue weighted by molar-refractivity contribution is 0.215. The lowest BCUT2D eigenvalue weighted by Gasteiger charge is -2.35. The fraction of sp³-hybridized carbons (Fsp3) is 0.455. The van der Waals surface area contributed by atoms with Gasteiger partial charge in [-0.2, -0.15) is 10.2 Å². The van der Waals surface area contributed by atoms with E-state index in [-0.39, 0.29) is 24.9 Å². The largest absolute Gasteiger partial charge is 0.396 e. The first-order valence-corrected chi connectivity index (χ1v) is 11.0. The second kappa shape index (κ2) is 8.79. The molecule has 2 aromatic rings. The Bertz CT molecular complexity index is 1080. The highest BCUT2D eigenvalue weighted by Crippen LogP contribution is 2.35. The maximum atomic E-state index is 14.8. The number of nitrogens with one attached hydrogen (secondary N) is 1. The zero-order valence-electron chi connectivity index (χ0n) is 18.1. The van der Waals surface area contributed by atoms with Crippen molar-refractivity contribution in [3.8, 4) is 0 Å². The Kier molecular flexibility index (Phi) is 5.71. The molecule has 2 aromatic heterocycles. The van der Waals surface area contributed by atoms with Crippen LogP contribution in [0.15, 0.2) is 47.4 Å². The Labute approximate surface area is 186 Å². The molecule has 3 aliphatic rings. The molecule has 1 atom stereocenters. The zero-order valence-corrected chi connectivity index (χ0v) is 18.1. The van der Waals surface area contributed by atoms with Crippen molar-refractivity contribution in [3.05, 3.63) is 53.5 Å². The van der Waals surface area contributed by atoms with Gasteiger partial charge in [0.2, 0.25) is 0 Å². The van der Waals surface area contributed by atoms with Gasteiger partial charge in [0, 0.05) is 81.8 Å². The first-order chi connectivity index (χ1) is 15.6. The molecule has 0 aromatic carbocycles. The van der Waals surface area contributed by atoms with Gasteiger partial charge in [-0.3, -0.25) is 9.58 Å². The molecule has 168 valence electrons. The summed E-state index contributed by atoms with van der Waals surface area (Å²) in [4.78, 5) is 13.6. The molecule has 2 aliphatic heterocycles. The summed E-state index contributed by atoms with van der Waals surface area (Å²) >= 11 is 0. The van der Waals surface area contributed by atoms with Crippen molar-refractivity contribution in [2.75, 3.05) is 44.2 Å². The van der Waals surface area contributed by atoms with Gasteiger partial charge in [-0.15, -0.1) is 0 Å². The number of rotatable bonds is 6. The molecule has 0 unspecified atom stereocenters. The number of hydrogen-bond acceptors (Lipinski definition) is 8. The van der Waals surface area contributed by atoms with E-state index in [4.69, 9.17) is 5.11 Å². The Morgan fingerprint density at radius 1 is 1.22 bits per heavy atom. The number of allylic oxidation sites excluding steroid dienone is 2. The van der Waals surface area contributed by atoms with E-state index in [2.05, 4.69) is 35.4 Å². The number of anilines is 1. The number of piperazine rings is 1. The molecular weight excluding hydrogens is 411 g/mol. The third kappa shape index (κ3) is 4.03. The number of aliphatic hydroxyl groups excluding tert-OH is 1. The average molecular weight is 439 g/mol. The number of aliphatic hydroxyl groups is 1. The summed E-state index contributed by atoms with van der Waals surface area (Å²) in [5.74, 6) is 0.701. The molecule has 9 nitrogen and oxygen atoms in total. The molecule has 4 heterocycles. The summed E-state index contributed by atoms with van der Waals surface area (Å²) in [7, 11) is 1.82. The smallest absolute Gasteiger partial charge is 0.132 e. The van der Waals surface area contributed by atoms with Crippen LogP contribution >= 0.6 is 0 Å². The quantitative estimate of drug-likeness (QED) is 0.698. The van der Waals surface area contributed by atoms with Crippen molar-refractivity contribution >= 4 is 17.1 Å². The molecule has 1 saturated heterocycles. The van der Waals surface area contributed by atoms with Crippen LogP contribution in [0.25, 0.3) is 5.57 Å². The minimum Gasteiger partial charge on any atom is -0.396 e. The molecular formula is C22H27FN8O. The van der Waals surface area contributed by atoms with E-state index >= 15 is 0 Å². The normalized spacial score (nSPS) is 21.3. The molecule has 0 amide bonds. The predicted octanol–water partition coefficient (Wildman–Crippen LogP) is 1.10. The highest BCUT2D eigenvalue weighted by atomic mass is 19.1. The molecule has 0 saturated carbocycles. The monoisotopic (exact) mass is 438 g/mol. The fourth-order valence-electron chi connectivity index (χ4n) is 4.44. The van der Waals surface area contributed by atoms with Crippen LogP contribution in [0.2, 0.25) is 0 Å². The predicted molar refractivity (Wildman–Crippen MR) is 120 cm³/mol. The Balaban J connectivity index is 1.36. The van der Waals surface area contributed by atoms with Crippen molar-refractivity contribution in [3.63, 3.8) is 0 Å². The van der Waals surface area contributed by atoms with Crippen molar-refractivity contribution in [2.24, 2.45) is 12.1 Å². The SMILES string of the molecule is Cn1cc(C2=C(F)C[C@H]3NN=C(c4cc(N5CCN(CCCO)CC5)ncn4)C3=C2)cn1. The number of aryl methyl sites for hydroxylation is 1. The third-order valence-corrected chi connectivity index (χ3v) is 6.20. The summed E-state index contributed by atoms with van der Waals surface area (Å²) in [5, 5.41) is 17.7. The Hall–Kier alpha value is -3.11. The molecule has 1 fully saturated rings. The van der Waals surface area contributed by atoms with E-state index in [1.54, 1.807) is 17.2 Å². The number of halogens is 1. The van der Waals surface area contributed by atoms with Crippen LogP contribution in [0.4, 0.5) is 10.2 Å². The Morgan fingerprint density at radius 3 is 2.81 bits per heavy atom. The highest BCUT2D eigenvalue weighted by Gasteiger charge is 2.33. The van der Waals surface area contributed by atoms with Crippen LogP contribution in [-0.4, -0.2) is 80.8 Å². The van der Waals surface area contributed by atoms with Gasteiger partial charge in [0.25, 0.3) is 0 Å². The standard InChI is InChI=1S/C22H27FN8O/c1-29-13-15(12-26-29)16-9-17-19(10-18(16)23)27-28-22(17)20-11-21(25-14-24-20)31-6-4-30(5-7-31)3-2-8-32/h9,11-14,19,27,32H,2-8,10H2,1H3/t19-/m1/s1. The third-order valence-electron chi connectivity index (χ3n) is 6.20. The van der Waals surface area contributed by atoms with Crippen LogP contribution in [-0.2, 0) is 7.05 Å². The number of hydrazone groups is 1. The van der Waals surface area contributed by atoms with Crippen LogP contribution in [0.3, 0.4) is 0 Å². The van der Waals surface area contributed by atoms with Gasteiger partial charge in [-0.1, -0.05) is 0 Å². The number of fused-ring (bicyclic) bond motifs is 1. The first-order valence-electron chi connectivity index (χ1n) is 11.0. The van der Waals surface area contributed by atoms with Crippen LogP contribution in [0.1, 0.15) is 24.1 Å². The zero-order chi connectivity index (χ0) is 22.1. The van der Waals surface area contributed by atoms with Gasteiger partial charge in [-0.05, 0) is 12.5 Å². The van der Waals surface area contributed by atoms with Gasteiger partial charge in [0.1, 0.15) is 23.7 Å². The second-order valence-electron chi connectivity index (χ2n) is 8.33. The number of aromatic nitrogens is 4. The van der Waals surface area contributed by atoms with E-state index in [1.807, 2.05) is 25.4 Å². The van der Waals surface area contributed by atoms with Gasteiger partial charge in [0.15, 0.2) is 0 Å². The highest BCUT2D eigenvalue weighted by molar-refractivity contribution is 6.15. The van der Waals surface area contributed by atoms with Crippen molar-refractivity contribution in [1.29, 1.82) is 0 Å². The van der Waals surface area contributed by atoms with Gasteiger partial charge < -0.3 is 15.4 Å². The van der Waals surface area contributed by atoms with Gasteiger partial charge >= 0.3 is 0 Å². The molecule has 2 N–H and O–H groups in total. The van der Waals surface area contributed by atoms with E-state index in [0.717, 1.165) is 67.5 Å². The molecule has 32 heavy (non-hydrogen) atoms. The van der Waals surface area contributed by atoms with Crippen molar-refractivity contribution < 1.29 is 9.50 Å². The summed E-state index contributed by atoms with van der Waals surface area (Å²) in [5.41, 5.74) is 6.76. The summed E-state index contributed by atoms with van der Waals surface area (Å²) in [6.45, 7) is 4.76. The average Bonchev–Trinajstić information content (AvgIpc) is 3.43. The maximum Gasteiger partial charge on any atom is 0.132 e. The topological polar surface area (TPSA) is 94.7 Å². The minimum atomic E-state index is -0.195. The summed E-state index contributed by atoms with van der Waals surface area (Å²) in [6.07, 6.45) is 7.97. The van der Waals surface area contributed by atoms with Crippen molar-refractivity contribution in [2.45, 2.75) is 18.9 Å². The molecule has 10 heteroatoms. The second-order valence-corrected chi connectivity index (χ2v) is 8.33. The Morgan fingerprint density at radius 2 is 2.06 bits per heavy atom. The van der Waals surface area contributed by atoms with Gasteiger partial charge in [0.05, 0.1) is 17.9 Å². The molecule has 0 radical (unpaired) electrons. The molecule has 0 spiro atoms. The summed E-state index contributed by atoms with van der Waals surface area (Å²) in [6, 6.07) is 1.77. The number of hydrogen-bond donors (Lipinski definition) is 2. The van der Waals surface area contributed by atoms with E-state index < -0.39 is 0 Å². The first kappa shape index (κ1) is 20.8. The minimum absolute atomic E-state index is 0.168. The lowest BCUT2D eigenvalue weighted by Crippen LogP contribution is -2.47.